The Balaban J connectivity index is 0.942. The number of aliphatic hydroxyl groups excluding tert-OH is 7. The predicted octanol–water partition coefficient (Wildman–Crippen LogP) is 1.44. The van der Waals surface area contributed by atoms with Gasteiger partial charge in [0.1, 0.15) is 48.8 Å². The molecule has 4 aliphatic heterocycles. The average molecular weight is 741 g/mol. The van der Waals surface area contributed by atoms with Gasteiger partial charge in [-0.15, -0.1) is 0 Å². The van der Waals surface area contributed by atoms with Crippen molar-refractivity contribution in [1.82, 2.24) is 0 Å². The zero-order valence-electron chi connectivity index (χ0n) is 31.2. The Bertz CT molecular complexity index is 1260. The molecule has 7 N–H and O–H groups in total. The molecule has 8 fully saturated rings. The lowest BCUT2D eigenvalue weighted by Gasteiger charge is -2.61. The van der Waals surface area contributed by atoms with Crippen LogP contribution in [0.2, 0.25) is 0 Å². The van der Waals surface area contributed by atoms with Gasteiger partial charge in [0, 0.05) is 12.3 Å². The van der Waals surface area contributed by atoms with Crippen molar-refractivity contribution in [2.75, 3.05) is 19.8 Å². The first-order valence-corrected chi connectivity index (χ1v) is 20.3. The van der Waals surface area contributed by atoms with Gasteiger partial charge >= 0.3 is 0 Å². The minimum Gasteiger partial charge on any atom is -0.394 e. The first-order valence-electron chi connectivity index (χ1n) is 20.3. The highest BCUT2D eigenvalue weighted by Crippen LogP contribution is 2.71. The van der Waals surface area contributed by atoms with Gasteiger partial charge in [-0.1, -0.05) is 27.7 Å². The molecule has 4 heterocycles. The smallest absolute Gasteiger partial charge is 0.187 e. The summed E-state index contributed by atoms with van der Waals surface area (Å²) in [7, 11) is 0. The maximum atomic E-state index is 11.1. The number of aliphatic hydroxyl groups is 7. The minimum absolute atomic E-state index is 0.168. The third kappa shape index (κ3) is 5.98. The van der Waals surface area contributed by atoms with E-state index in [9.17, 15) is 35.7 Å². The second kappa shape index (κ2) is 14.1. The minimum atomic E-state index is -1.71. The largest absolute Gasteiger partial charge is 0.394 e. The van der Waals surface area contributed by atoms with Crippen molar-refractivity contribution in [2.45, 2.75) is 171 Å². The molecule has 8 aliphatic rings. The quantitative estimate of drug-likeness (QED) is 0.194. The van der Waals surface area contributed by atoms with E-state index in [4.69, 9.17) is 28.4 Å². The fourth-order valence-electron chi connectivity index (χ4n) is 13.2. The molecule has 52 heavy (non-hydrogen) atoms. The van der Waals surface area contributed by atoms with Crippen molar-refractivity contribution >= 4 is 0 Å². The maximum absolute atomic E-state index is 11.1. The summed E-state index contributed by atoms with van der Waals surface area (Å²) in [5, 5.41) is 72.7. The van der Waals surface area contributed by atoms with Crippen LogP contribution in [0.4, 0.5) is 0 Å². The topological polar surface area (TPSA) is 197 Å². The molecule has 0 aromatic rings. The summed E-state index contributed by atoms with van der Waals surface area (Å²) >= 11 is 0. The molecule has 8 rings (SSSR count). The normalized spacial score (nSPS) is 59.0. The summed E-state index contributed by atoms with van der Waals surface area (Å²) < 4.78 is 37.5. The van der Waals surface area contributed by atoms with E-state index < -0.39 is 80.4 Å². The molecule has 1 spiro atoms. The molecule has 13 heteroatoms. The summed E-state index contributed by atoms with van der Waals surface area (Å²) in [6, 6.07) is 0. The van der Waals surface area contributed by atoms with E-state index in [0.717, 1.165) is 45.1 Å². The zero-order valence-corrected chi connectivity index (χ0v) is 31.2. The van der Waals surface area contributed by atoms with Crippen LogP contribution in [0.15, 0.2) is 0 Å². The summed E-state index contributed by atoms with van der Waals surface area (Å²) in [4.78, 5) is 0. The van der Waals surface area contributed by atoms with Gasteiger partial charge in [0.2, 0.25) is 0 Å². The van der Waals surface area contributed by atoms with Crippen molar-refractivity contribution in [3.63, 3.8) is 0 Å². The Morgan fingerprint density at radius 3 is 2.06 bits per heavy atom. The third-order valence-corrected chi connectivity index (χ3v) is 16.2. The molecule has 4 saturated heterocycles. The lowest BCUT2D eigenvalue weighted by atomic mass is 9.44. The number of ether oxygens (including phenoxy) is 6. The monoisotopic (exact) mass is 740 g/mol. The molecule has 0 aromatic carbocycles. The van der Waals surface area contributed by atoms with Crippen LogP contribution < -0.4 is 0 Å². The van der Waals surface area contributed by atoms with Crippen LogP contribution >= 0.6 is 0 Å². The third-order valence-electron chi connectivity index (χ3n) is 16.2. The van der Waals surface area contributed by atoms with E-state index in [2.05, 4.69) is 27.7 Å². The van der Waals surface area contributed by atoms with E-state index in [0.29, 0.717) is 41.4 Å². The van der Waals surface area contributed by atoms with Crippen LogP contribution in [-0.2, 0) is 28.4 Å². The van der Waals surface area contributed by atoms with Gasteiger partial charge in [-0.05, 0) is 104 Å². The van der Waals surface area contributed by atoms with Crippen LogP contribution in [0.3, 0.4) is 0 Å². The van der Waals surface area contributed by atoms with Crippen LogP contribution in [0.1, 0.15) is 91.9 Å². The second-order valence-corrected chi connectivity index (χ2v) is 18.7. The first kappa shape index (κ1) is 38.4. The lowest BCUT2D eigenvalue weighted by molar-refractivity contribution is -0.373. The number of rotatable bonds is 6. The summed E-state index contributed by atoms with van der Waals surface area (Å²) in [5.74, 6) is 3.51. The molecule has 298 valence electrons. The molecule has 0 aromatic heterocycles. The summed E-state index contributed by atoms with van der Waals surface area (Å²) in [6.45, 7) is 9.33. The molecule has 0 radical (unpaired) electrons. The fourth-order valence-corrected chi connectivity index (χ4v) is 13.2. The highest BCUT2D eigenvalue weighted by molar-refractivity contribution is 5.15. The molecule has 0 amide bonds. The van der Waals surface area contributed by atoms with Crippen molar-refractivity contribution < 1.29 is 64.2 Å². The summed E-state index contributed by atoms with van der Waals surface area (Å²) in [5.41, 5.74) is 0.425. The Hall–Kier alpha value is -0.520. The Morgan fingerprint density at radius 1 is 0.673 bits per heavy atom. The van der Waals surface area contributed by atoms with E-state index in [1.54, 1.807) is 0 Å². The molecule has 9 unspecified atom stereocenters. The summed E-state index contributed by atoms with van der Waals surface area (Å²) in [6.07, 6.45) is -3.88. The van der Waals surface area contributed by atoms with E-state index >= 15 is 0 Å². The van der Waals surface area contributed by atoms with Gasteiger partial charge in [-0.2, -0.15) is 0 Å². The van der Waals surface area contributed by atoms with Gasteiger partial charge in [0.15, 0.2) is 18.4 Å². The highest BCUT2D eigenvalue weighted by atomic mass is 16.8. The van der Waals surface area contributed by atoms with Gasteiger partial charge in [0.25, 0.3) is 0 Å². The van der Waals surface area contributed by atoms with Crippen LogP contribution in [0.25, 0.3) is 0 Å². The van der Waals surface area contributed by atoms with Crippen LogP contribution in [0, 0.1) is 52.3 Å². The van der Waals surface area contributed by atoms with E-state index in [1.165, 1.54) is 25.7 Å². The molecule has 0 bridgehead atoms. The SMILES string of the molecule is CC1CC[C@@]2(OC1)OC1C[C@@H]3C4CC[C@H]5C[C@@H](O[C@@H]6OC(CO)[C@H](O)[C@@H](O)C6O[C@@H]6OC(CO)[C@@H](O)[C@@H](O)C6O)CC[C@]5(C)C4CC[C@]3(C)C1[C@@H]2C. The van der Waals surface area contributed by atoms with Gasteiger partial charge < -0.3 is 64.2 Å². The average Bonchev–Trinajstić information content (AvgIpc) is 3.58. The van der Waals surface area contributed by atoms with Gasteiger partial charge in [0.05, 0.1) is 32.0 Å². The molecule has 22 atom stereocenters. The molecule has 13 nitrogen and oxygen atoms in total. The number of hydrogen-bond acceptors (Lipinski definition) is 13. The van der Waals surface area contributed by atoms with Crippen molar-refractivity contribution in [3.05, 3.63) is 0 Å². The van der Waals surface area contributed by atoms with Gasteiger partial charge in [-0.25, -0.2) is 0 Å². The molecular weight excluding hydrogens is 676 g/mol. The van der Waals surface area contributed by atoms with E-state index in [1.807, 2.05) is 0 Å². The van der Waals surface area contributed by atoms with Gasteiger partial charge in [-0.3, -0.25) is 0 Å². The molecule has 4 saturated carbocycles. The fraction of sp³-hybridized carbons (Fsp3) is 1.00. The number of fused-ring (bicyclic) bond motifs is 7. The maximum Gasteiger partial charge on any atom is 0.187 e. The van der Waals surface area contributed by atoms with Crippen LogP contribution in [0.5, 0.6) is 0 Å². The Labute approximate surface area is 307 Å². The predicted molar refractivity (Wildman–Crippen MR) is 183 cm³/mol. The molecular formula is C39H64O13. The second-order valence-electron chi connectivity index (χ2n) is 18.7. The standard InChI is InChI=1S/C39H64O13/c1-18-7-12-39(47-17-18)19(2)28-25(52-39)14-24-22-6-5-20-13-21(8-10-37(20,3)23(22)9-11-38(24,28)4)48-36-34(32(45)30(43)27(16-41)50-36)51-35-33(46)31(44)29(42)26(15-40)49-35/h18-36,40-46H,5-17H2,1-4H3/t18?,19-,20-,21-,22?,23?,24+,25?,26?,27?,28?,29+,30-,31+,32+,33?,34?,35-,36+,37-,38-,39+/m0/s1. The van der Waals surface area contributed by atoms with E-state index in [-0.39, 0.29) is 23.0 Å². The van der Waals surface area contributed by atoms with Crippen molar-refractivity contribution in [1.29, 1.82) is 0 Å². The van der Waals surface area contributed by atoms with Crippen molar-refractivity contribution in [3.8, 4) is 0 Å². The lowest BCUT2D eigenvalue weighted by Crippen LogP contribution is -2.65. The highest BCUT2D eigenvalue weighted by Gasteiger charge is 2.69. The van der Waals surface area contributed by atoms with Crippen molar-refractivity contribution in [2.24, 2.45) is 52.3 Å². The molecule has 4 aliphatic carbocycles. The first-order chi connectivity index (χ1) is 24.7. The Morgan fingerprint density at radius 2 is 1.37 bits per heavy atom. The zero-order chi connectivity index (χ0) is 36.9. The number of hydrogen-bond donors (Lipinski definition) is 7. The Kier molecular flexibility index (Phi) is 10.4. The van der Waals surface area contributed by atoms with Crippen LogP contribution in [-0.4, -0.2) is 135 Å².